The van der Waals surface area contributed by atoms with Crippen LogP contribution < -0.4 is 31.9 Å². The zero-order valence-electron chi connectivity index (χ0n) is 33.8. The van der Waals surface area contributed by atoms with E-state index in [4.69, 9.17) is 0 Å². The molecule has 5 aromatic rings. The number of rotatable bonds is 11. The fraction of sp³-hybridized carbons (Fsp3) is 0.255. The average molecular weight is 857 g/mol. The summed E-state index contributed by atoms with van der Waals surface area (Å²) in [7, 11) is 0. The van der Waals surface area contributed by atoms with E-state index in [-0.39, 0.29) is 51.5 Å². The van der Waals surface area contributed by atoms with Crippen molar-refractivity contribution >= 4 is 58.4 Å². The Kier molecular flexibility index (Phi) is 15.7. The van der Waals surface area contributed by atoms with Crippen LogP contribution in [0.2, 0.25) is 0 Å². The minimum Gasteiger partial charge on any atom is -0.481 e. The smallest absolute Gasteiger partial charge is 0.305 e. The molecule has 7 N–H and O–H groups in total. The number of fused-ring (bicyclic) bond motifs is 18. The highest BCUT2D eigenvalue weighted by molar-refractivity contribution is 7.09. The van der Waals surface area contributed by atoms with E-state index in [1.165, 1.54) is 11.3 Å². The number of carboxylic acid groups (broad SMARTS) is 1. The Morgan fingerprint density at radius 2 is 1.16 bits per heavy atom. The van der Waals surface area contributed by atoms with Crippen molar-refractivity contribution in [2.45, 2.75) is 69.1 Å². The van der Waals surface area contributed by atoms with E-state index >= 15 is 0 Å². The zero-order chi connectivity index (χ0) is 43.8. The second-order valence-corrected chi connectivity index (χ2v) is 16.0. The Morgan fingerprint density at radius 3 is 1.77 bits per heavy atom. The maximum Gasteiger partial charge on any atom is 0.305 e. The molecule has 0 saturated carbocycles. The molecular formula is C47H48N6O8S. The molecule has 0 spiro atoms. The van der Waals surface area contributed by atoms with Crippen LogP contribution in [0.3, 0.4) is 0 Å². The lowest BCUT2D eigenvalue weighted by atomic mass is 9.99. The first-order chi connectivity index (χ1) is 30.0. The number of hydrogen-bond donors (Lipinski definition) is 7. The Hall–Kier alpha value is -7.13. The summed E-state index contributed by atoms with van der Waals surface area (Å²) in [6, 6.07) is 31.7. The predicted octanol–water partition coefficient (Wildman–Crippen LogP) is 3.95. The van der Waals surface area contributed by atoms with Gasteiger partial charge in [0, 0.05) is 55.6 Å². The van der Waals surface area contributed by atoms with E-state index in [1.54, 1.807) is 48.5 Å². The number of thiophene rings is 1. The molecule has 14 nitrogen and oxygen atoms in total. The van der Waals surface area contributed by atoms with E-state index in [2.05, 4.69) is 31.9 Å². The first-order valence-electron chi connectivity index (χ1n) is 20.3. The lowest BCUT2D eigenvalue weighted by molar-refractivity contribution is -0.137. The minimum atomic E-state index is -1.24. The van der Waals surface area contributed by atoms with Gasteiger partial charge in [0.1, 0.15) is 24.2 Å². The van der Waals surface area contributed by atoms with Crippen molar-refractivity contribution in [3.8, 4) is 11.1 Å². The third kappa shape index (κ3) is 13.4. The molecule has 62 heavy (non-hydrogen) atoms. The number of hydrogen-bond acceptors (Lipinski definition) is 8. The van der Waals surface area contributed by atoms with E-state index in [0.29, 0.717) is 22.4 Å². The van der Waals surface area contributed by atoms with E-state index in [0.717, 1.165) is 16.0 Å². The number of anilines is 1. The molecule has 4 atom stereocenters. The molecule has 2 aliphatic heterocycles. The van der Waals surface area contributed by atoms with Gasteiger partial charge in [-0.05, 0) is 51.4 Å². The van der Waals surface area contributed by atoms with E-state index in [1.807, 2.05) is 78.2 Å². The Morgan fingerprint density at radius 1 is 0.597 bits per heavy atom. The standard InChI is InChI=1S/C47H48N6O8S/c54-41-21-22-42(55)50-40(29-36-12-7-25-62-36)47(61)53-39(28-31-13-17-34(18-14-31)33-10-5-2-6-11-33)46(60)52-38(26-30-8-3-1-4-9-30)45(59)51-37(44(58)48-24-23-43(56)57)27-32-15-19-35(49-41)20-16-32/h1-20,25,37-40H,21-24,26-29H2,(H,48,58)(H,49,54)(H,50,55)(H,51,59)(H,52,60)(H,53,61)(H,56,57)/t37-,38-,39+,40-/m1/s1. The number of carbonyl (C=O) groups excluding carboxylic acids is 6. The molecule has 0 aliphatic carbocycles. The van der Waals surface area contributed by atoms with Gasteiger partial charge in [-0.3, -0.25) is 33.6 Å². The molecule has 0 unspecified atom stereocenters. The third-order valence-electron chi connectivity index (χ3n) is 10.2. The topological polar surface area (TPSA) is 212 Å². The van der Waals surface area contributed by atoms with Crippen LogP contribution in [0.4, 0.5) is 5.69 Å². The van der Waals surface area contributed by atoms with Gasteiger partial charge in [-0.2, -0.15) is 0 Å². The van der Waals surface area contributed by atoms with Crippen molar-refractivity contribution in [2.75, 3.05) is 11.9 Å². The van der Waals surface area contributed by atoms with Gasteiger partial charge in [0.25, 0.3) is 0 Å². The van der Waals surface area contributed by atoms with Gasteiger partial charge in [0.05, 0.1) is 6.42 Å². The molecule has 15 heteroatoms. The van der Waals surface area contributed by atoms with E-state index < -0.39 is 65.6 Å². The zero-order valence-corrected chi connectivity index (χ0v) is 34.6. The summed E-state index contributed by atoms with van der Waals surface area (Å²) in [6.45, 7) is -0.186. The lowest BCUT2D eigenvalue weighted by Gasteiger charge is -2.27. The van der Waals surface area contributed by atoms with Gasteiger partial charge >= 0.3 is 5.97 Å². The molecule has 2 bridgehead atoms. The highest BCUT2D eigenvalue weighted by Gasteiger charge is 2.32. The van der Waals surface area contributed by atoms with Crippen molar-refractivity contribution in [1.29, 1.82) is 0 Å². The van der Waals surface area contributed by atoms with Crippen molar-refractivity contribution in [2.24, 2.45) is 0 Å². The molecule has 1 aromatic heterocycles. The second-order valence-electron chi connectivity index (χ2n) is 14.9. The minimum absolute atomic E-state index is 0.0105. The normalized spacial score (nSPS) is 19.1. The highest BCUT2D eigenvalue weighted by atomic mass is 32.1. The molecule has 320 valence electrons. The molecule has 0 fully saturated rings. The van der Waals surface area contributed by atoms with Gasteiger partial charge in [0.2, 0.25) is 35.4 Å². The lowest BCUT2D eigenvalue weighted by Crippen LogP contribution is -2.59. The van der Waals surface area contributed by atoms with Crippen LogP contribution in [0.5, 0.6) is 0 Å². The predicted molar refractivity (Wildman–Crippen MR) is 235 cm³/mol. The number of carbonyl (C=O) groups is 7. The Bertz CT molecular complexity index is 2320. The SMILES string of the molecule is O=C(O)CCNC(=O)[C@H]1Cc2ccc(cc2)NC(=O)CCC(=O)N[C@H](Cc2cccs2)C(=O)N[C@@H](Cc2ccc(-c3ccccc3)cc2)C(=O)N[C@H](Cc2ccccc2)C(=O)N1. The van der Waals surface area contributed by atoms with Gasteiger partial charge in [-0.1, -0.05) is 103 Å². The van der Waals surface area contributed by atoms with Crippen LogP contribution in [-0.4, -0.2) is 77.2 Å². The first kappa shape index (κ1) is 44.4. The van der Waals surface area contributed by atoms with Crippen LogP contribution in [0.1, 0.15) is 40.8 Å². The molecular weight excluding hydrogens is 809 g/mol. The van der Waals surface area contributed by atoms with Crippen molar-refractivity contribution in [3.63, 3.8) is 0 Å². The summed E-state index contributed by atoms with van der Waals surface area (Å²) < 4.78 is 0. The van der Waals surface area contributed by atoms with Gasteiger partial charge in [-0.25, -0.2) is 0 Å². The maximum atomic E-state index is 14.6. The largest absolute Gasteiger partial charge is 0.481 e. The molecule has 0 saturated heterocycles. The number of nitrogens with one attached hydrogen (secondary N) is 6. The number of benzene rings is 4. The Labute approximate surface area is 362 Å². The summed E-state index contributed by atoms with van der Waals surface area (Å²) in [5.74, 6) is -4.78. The number of carboxylic acids is 1. The number of aliphatic carboxylic acids is 1. The van der Waals surface area contributed by atoms with E-state index in [9.17, 15) is 38.7 Å². The molecule has 0 radical (unpaired) electrons. The van der Waals surface area contributed by atoms with Crippen molar-refractivity contribution < 1.29 is 38.7 Å². The molecule has 2 aliphatic rings. The first-order valence-corrected chi connectivity index (χ1v) is 21.2. The quantitative estimate of drug-likeness (QED) is 0.0965. The fourth-order valence-corrected chi connectivity index (χ4v) is 7.68. The van der Waals surface area contributed by atoms with Crippen molar-refractivity contribution in [3.05, 3.63) is 148 Å². The highest BCUT2D eigenvalue weighted by Crippen LogP contribution is 2.21. The van der Waals surface area contributed by atoms with Crippen LogP contribution >= 0.6 is 11.3 Å². The average Bonchev–Trinajstić information content (AvgIpc) is 3.79. The molecule has 3 heterocycles. The summed E-state index contributed by atoms with van der Waals surface area (Å²) in [5, 5.41) is 27.6. The van der Waals surface area contributed by atoms with Crippen LogP contribution in [0.15, 0.2) is 127 Å². The van der Waals surface area contributed by atoms with Crippen molar-refractivity contribution in [1.82, 2.24) is 26.6 Å². The van der Waals surface area contributed by atoms with Gasteiger partial charge in [-0.15, -0.1) is 11.3 Å². The number of amides is 6. The van der Waals surface area contributed by atoms with Gasteiger partial charge in [0.15, 0.2) is 0 Å². The van der Waals surface area contributed by atoms with Crippen LogP contribution in [-0.2, 0) is 59.2 Å². The fourth-order valence-electron chi connectivity index (χ4n) is 6.93. The Balaban J connectivity index is 1.35. The monoisotopic (exact) mass is 856 g/mol. The summed E-state index contributed by atoms with van der Waals surface area (Å²) in [4.78, 5) is 95.0. The van der Waals surface area contributed by atoms with Gasteiger partial charge < -0.3 is 37.0 Å². The molecule has 7 rings (SSSR count). The molecule has 4 aromatic carbocycles. The summed E-state index contributed by atoms with van der Waals surface area (Å²) >= 11 is 1.40. The van der Waals surface area contributed by atoms with Crippen LogP contribution in [0.25, 0.3) is 11.1 Å². The maximum absolute atomic E-state index is 14.6. The van der Waals surface area contributed by atoms with Crippen LogP contribution in [0, 0.1) is 0 Å². The molecule has 6 amide bonds. The third-order valence-corrected chi connectivity index (χ3v) is 11.1. The summed E-state index contributed by atoms with van der Waals surface area (Å²) in [6.07, 6.45) is -0.621. The second kappa shape index (κ2) is 21.9. The summed E-state index contributed by atoms with van der Waals surface area (Å²) in [5.41, 5.74) is 4.38.